The standard InChI is InChI=1S/C16H18FNO3/c1-19-15-7-2-12(11-18)10-16(15)21-9-8-20-14-5-3-13(17)4-6-14/h2-7,10H,8-9,11,18H2,1H3. The molecule has 0 saturated carbocycles. The number of nitrogens with two attached hydrogens (primary N) is 1. The fourth-order valence-electron chi connectivity index (χ4n) is 1.80. The lowest BCUT2D eigenvalue weighted by molar-refractivity contribution is 0.211. The van der Waals surface area contributed by atoms with Crippen molar-refractivity contribution in [3.8, 4) is 17.2 Å². The third-order valence-electron chi connectivity index (χ3n) is 2.89. The molecule has 2 N–H and O–H groups in total. The highest BCUT2D eigenvalue weighted by Gasteiger charge is 2.05. The summed E-state index contributed by atoms with van der Waals surface area (Å²) < 4.78 is 29.1. The SMILES string of the molecule is COc1ccc(CN)cc1OCCOc1ccc(F)cc1. The number of methoxy groups -OCH3 is 1. The number of halogens is 1. The van der Waals surface area contributed by atoms with Crippen LogP contribution in [0.1, 0.15) is 5.56 Å². The van der Waals surface area contributed by atoms with Crippen molar-refractivity contribution in [2.45, 2.75) is 6.54 Å². The van der Waals surface area contributed by atoms with E-state index in [1.54, 1.807) is 19.2 Å². The molecule has 0 aromatic heterocycles. The second-order valence-electron chi connectivity index (χ2n) is 4.34. The smallest absolute Gasteiger partial charge is 0.161 e. The molecule has 0 spiro atoms. The summed E-state index contributed by atoms with van der Waals surface area (Å²) in [7, 11) is 1.58. The Hall–Kier alpha value is -2.27. The zero-order valence-corrected chi connectivity index (χ0v) is 11.8. The van der Waals surface area contributed by atoms with Crippen LogP contribution in [0, 0.1) is 5.82 Å². The number of rotatable bonds is 7. The van der Waals surface area contributed by atoms with E-state index in [0.29, 0.717) is 37.0 Å². The lowest BCUT2D eigenvalue weighted by atomic mass is 10.2. The molecule has 0 aliphatic carbocycles. The summed E-state index contributed by atoms with van der Waals surface area (Å²) in [5.74, 6) is 1.58. The Morgan fingerprint density at radius 1 is 0.952 bits per heavy atom. The van der Waals surface area contributed by atoms with Crippen molar-refractivity contribution in [3.05, 3.63) is 53.8 Å². The van der Waals surface area contributed by atoms with E-state index in [0.717, 1.165) is 5.56 Å². The van der Waals surface area contributed by atoms with Crippen LogP contribution < -0.4 is 19.9 Å². The van der Waals surface area contributed by atoms with Crippen LogP contribution in [0.3, 0.4) is 0 Å². The van der Waals surface area contributed by atoms with Crippen molar-refractivity contribution in [2.75, 3.05) is 20.3 Å². The first-order valence-corrected chi connectivity index (χ1v) is 6.61. The van der Waals surface area contributed by atoms with E-state index in [1.807, 2.05) is 18.2 Å². The van der Waals surface area contributed by atoms with Crippen LogP contribution in [0.25, 0.3) is 0 Å². The number of benzene rings is 2. The van der Waals surface area contributed by atoms with E-state index < -0.39 is 0 Å². The predicted octanol–water partition coefficient (Wildman–Crippen LogP) is 2.75. The van der Waals surface area contributed by atoms with Gasteiger partial charge in [0.05, 0.1) is 7.11 Å². The van der Waals surface area contributed by atoms with Crippen LogP contribution >= 0.6 is 0 Å². The Morgan fingerprint density at radius 2 is 1.67 bits per heavy atom. The monoisotopic (exact) mass is 291 g/mol. The molecule has 0 amide bonds. The van der Waals surface area contributed by atoms with Crippen LogP contribution in [-0.2, 0) is 6.54 Å². The summed E-state index contributed by atoms with van der Waals surface area (Å²) in [5.41, 5.74) is 6.56. The zero-order chi connectivity index (χ0) is 15.1. The van der Waals surface area contributed by atoms with Crippen LogP contribution in [0.2, 0.25) is 0 Å². The van der Waals surface area contributed by atoms with Gasteiger partial charge < -0.3 is 19.9 Å². The van der Waals surface area contributed by atoms with Gasteiger partial charge in [0.1, 0.15) is 24.8 Å². The largest absolute Gasteiger partial charge is 0.493 e. The Labute approximate surface area is 123 Å². The summed E-state index contributed by atoms with van der Waals surface area (Å²) in [4.78, 5) is 0. The summed E-state index contributed by atoms with van der Waals surface area (Å²) >= 11 is 0. The van der Waals surface area contributed by atoms with E-state index in [-0.39, 0.29) is 5.82 Å². The third-order valence-corrected chi connectivity index (χ3v) is 2.89. The molecule has 0 bridgehead atoms. The summed E-state index contributed by atoms with van der Waals surface area (Å²) in [6.07, 6.45) is 0. The van der Waals surface area contributed by atoms with Crippen molar-refractivity contribution in [1.29, 1.82) is 0 Å². The molecule has 0 fully saturated rings. The fraction of sp³-hybridized carbons (Fsp3) is 0.250. The second-order valence-corrected chi connectivity index (χ2v) is 4.34. The van der Waals surface area contributed by atoms with Gasteiger partial charge in [0.25, 0.3) is 0 Å². The number of ether oxygens (including phenoxy) is 3. The molecular weight excluding hydrogens is 273 g/mol. The molecule has 0 aliphatic rings. The maximum atomic E-state index is 12.7. The minimum absolute atomic E-state index is 0.290. The lowest BCUT2D eigenvalue weighted by Crippen LogP contribution is -2.10. The van der Waals surface area contributed by atoms with Crippen LogP contribution in [-0.4, -0.2) is 20.3 Å². The third kappa shape index (κ3) is 4.36. The molecule has 0 aliphatic heterocycles. The maximum absolute atomic E-state index is 12.7. The van der Waals surface area contributed by atoms with Crippen LogP contribution in [0.4, 0.5) is 4.39 Å². The average Bonchev–Trinajstić information content (AvgIpc) is 2.53. The number of hydrogen-bond acceptors (Lipinski definition) is 4. The van der Waals surface area contributed by atoms with Crippen LogP contribution in [0.5, 0.6) is 17.2 Å². The molecule has 0 saturated heterocycles. The van der Waals surface area contributed by atoms with Gasteiger partial charge in [-0.3, -0.25) is 0 Å². The molecule has 2 aromatic carbocycles. The fourth-order valence-corrected chi connectivity index (χ4v) is 1.80. The van der Waals surface area contributed by atoms with Crippen molar-refractivity contribution < 1.29 is 18.6 Å². The van der Waals surface area contributed by atoms with Gasteiger partial charge in [0, 0.05) is 6.54 Å². The summed E-state index contributed by atoms with van der Waals surface area (Å²) in [5, 5.41) is 0. The van der Waals surface area contributed by atoms with E-state index in [9.17, 15) is 4.39 Å². The van der Waals surface area contributed by atoms with E-state index in [1.165, 1.54) is 12.1 Å². The van der Waals surface area contributed by atoms with Gasteiger partial charge in [-0.15, -0.1) is 0 Å². The first-order valence-electron chi connectivity index (χ1n) is 6.61. The van der Waals surface area contributed by atoms with Gasteiger partial charge in [-0.05, 0) is 42.0 Å². The first-order chi connectivity index (χ1) is 10.2. The maximum Gasteiger partial charge on any atom is 0.161 e. The molecule has 0 unspecified atom stereocenters. The van der Waals surface area contributed by atoms with Gasteiger partial charge in [-0.2, -0.15) is 0 Å². The molecule has 2 aromatic rings. The van der Waals surface area contributed by atoms with Crippen molar-refractivity contribution in [3.63, 3.8) is 0 Å². The minimum atomic E-state index is -0.290. The Kier molecular flexibility index (Phi) is 5.40. The second kappa shape index (κ2) is 7.50. The van der Waals surface area contributed by atoms with E-state index in [2.05, 4.69) is 0 Å². The van der Waals surface area contributed by atoms with Gasteiger partial charge in [0.15, 0.2) is 11.5 Å². The van der Waals surface area contributed by atoms with Crippen molar-refractivity contribution >= 4 is 0 Å². The molecule has 5 heteroatoms. The highest BCUT2D eigenvalue weighted by Crippen LogP contribution is 2.27. The van der Waals surface area contributed by atoms with Gasteiger partial charge in [-0.1, -0.05) is 6.07 Å². The normalized spacial score (nSPS) is 10.2. The molecule has 0 atom stereocenters. The molecular formula is C16H18FNO3. The van der Waals surface area contributed by atoms with Gasteiger partial charge in [-0.25, -0.2) is 4.39 Å². The summed E-state index contributed by atoms with van der Waals surface area (Å²) in [6.45, 7) is 1.13. The van der Waals surface area contributed by atoms with Crippen LogP contribution in [0.15, 0.2) is 42.5 Å². The first kappa shape index (κ1) is 15.1. The number of hydrogen-bond donors (Lipinski definition) is 1. The van der Waals surface area contributed by atoms with Crippen molar-refractivity contribution in [2.24, 2.45) is 5.73 Å². The van der Waals surface area contributed by atoms with Gasteiger partial charge in [0.2, 0.25) is 0 Å². The quantitative estimate of drug-likeness (QED) is 0.797. The lowest BCUT2D eigenvalue weighted by Gasteiger charge is -2.12. The topological polar surface area (TPSA) is 53.7 Å². The minimum Gasteiger partial charge on any atom is -0.493 e. The Bertz CT molecular complexity index is 572. The average molecular weight is 291 g/mol. The Morgan fingerprint density at radius 3 is 2.33 bits per heavy atom. The molecule has 21 heavy (non-hydrogen) atoms. The van der Waals surface area contributed by atoms with Crippen molar-refractivity contribution in [1.82, 2.24) is 0 Å². The Balaban J connectivity index is 1.86. The molecule has 0 radical (unpaired) electrons. The van der Waals surface area contributed by atoms with E-state index >= 15 is 0 Å². The highest BCUT2D eigenvalue weighted by atomic mass is 19.1. The van der Waals surface area contributed by atoms with E-state index in [4.69, 9.17) is 19.9 Å². The molecule has 112 valence electrons. The predicted molar refractivity (Wildman–Crippen MR) is 78.3 cm³/mol. The molecule has 0 heterocycles. The summed E-state index contributed by atoms with van der Waals surface area (Å²) in [6, 6.07) is 11.4. The van der Waals surface area contributed by atoms with Gasteiger partial charge >= 0.3 is 0 Å². The zero-order valence-electron chi connectivity index (χ0n) is 11.8. The highest BCUT2D eigenvalue weighted by molar-refractivity contribution is 5.42. The molecule has 4 nitrogen and oxygen atoms in total. The molecule has 2 rings (SSSR count).